The van der Waals surface area contributed by atoms with E-state index in [-0.39, 0.29) is 0 Å². The molecule has 3 aromatic rings. The summed E-state index contributed by atoms with van der Waals surface area (Å²) in [6.45, 7) is 0. The quantitative estimate of drug-likeness (QED) is 0.601. The van der Waals surface area contributed by atoms with Crippen LogP contribution in [-0.4, -0.2) is 20.6 Å². The van der Waals surface area contributed by atoms with Crippen LogP contribution in [0.5, 0.6) is 0 Å². The maximum atomic E-state index is 3.31. The molecule has 3 rings (SSSR count). The van der Waals surface area contributed by atoms with E-state index < -0.39 is 0 Å². The molecule has 1 N–H and O–H groups in total. The molecule has 0 aliphatic carbocycles. The molecule has 0 aliphatic heterocycles. The van der Waals surface area contributed by atoms with E-state index in [9.17, 15) is 0 Å². The fourth-order valence-corrected chi connectivity index (χ4v) is 1.26. The first-order valence-corrected chi connectivity index (χ1v) is 4.58. The Balaban J connectivity index is 0.000000144. The van der Waals surface area contributed by atoms with Crippen LogP contribution in [0.3, 0.4) is 0 Å². The molecule has 74 valence electrons. The number of rotatable bonds is 0. The van der Waals surface area contributed by atoms with E-state index in [4.69, 9.17) is 0 Å². The third-order valence-corrected chi connectivity index (χ3v) is 1.93. The molecular weight excluding hydrogens is 188 g/mol. The Morgan fingerprint density at radius 2 is 1.33 bits per heavy atom. The summed E-state index contributed by atoms with van der Waals surface area (Å²) in [4.78, 5) is 0. The van der Waals surface area contributed by atoms with Gasteiger partial charge in [-0.3, -0.25) is 0 Å². The second kappa shape index (κ2) is 4.85. The lowest BCUT2D eigenvalue weighted by molar-refractivity contribution is 0.881. The van der Waals surface area contributed by atoms with E-state index in [1.807, 2.05) is 0 Å². The Morgan fingerprint density at radius 3 is 1.60 bits per heavy atom. The molecule has 4 nitrogen and oxygen atoms in total. The summed E-state index contributed by atoms with van der Waals surface area (Å²) in [6, 6.07) is 16.7. The van der Waals surface area contributed by atoms with Crippen molar-refractivity contribution in [1.29, 1.82) is 0 Å². The SMILES string of the molecule is c1ccc2ccccc2c1.c1nnn[nH]1. The largest absolute Gasteiger partial charge is 0.246 e. The van der Waals surface area contributed by atoms with Gasteiger partial charge in [-0.2, -0.15) is 0 Å². The van der Waals surface area contributed by atoms with Gasteiger partial charge in [-0.05, 0) is 21.2 Å². The molecule has 1 aromatic heterocycles. The maximum absolute atomic E-state index is 3.31. The zero-order chi connectivity index (χ0) is 10.3. The zero-order valence-electron chi connectivity index (χ0n) is 8.04. The van der Waals surface area contributed by atoms with Gasteiger partial charge in [0.05, 0.1) is 0 Å². The number of benzene rings is 2. The molecule has 0 saturated heterocycles. The highest BCUT2D eigenvalue weighted by molar-refractivity contribution is 5.81. The summed E-state index contributed by atoms with van der Waals surface area (Å²) in [7, 11) is 0. The van der Waals surface area contributed by atoms with Gasteiger partial charge in [-0.25, -0.2) is 5.10 Å². The number of aromatic amines is 1. The molecule has 0 amide bonds. The maximum Gasteiger partial charge on any atom is 0.135 e. The van der Waals surface area contributed by atoms with Gasteiger partial charge in [-0.15, -0.1) is 5.10 Å². The lowest BCUT2D eigenvalue weighted by atomic mass is 10.1. The van der Waals surface area contributed by atoms with Crippen LogP contribution in [-0.2, 0) is 0 Å². The van der Waals surface area contributed by atoms with Crippen LogP contribution in [0.4, 0.5) is 0 Å². The van der Waals surface area contributed by atoms with Gasteiger partial charge in [0.15, 0.2) is 0 Å². The summed E-state index contributed by atoms with van der Waals surface area (Å²) in [5, 5.41) is 14.7. The second-order valence-electron chi connectivity index (χ2n) is 2.91. The standard InChI is InChI=1S/C10H8.CH2N4/c1-2-6-10-8-4-3-7-9(10)5-1;1-2-4-5-3-1/h1-8H;1H,(H,2,3,4,5). The number of aromatic nitrogens is 4. The predicted molar refractivity (Wildman–Crippen MR) is 58.1 cm³/mol. The van der Waals surface area contributed by atoms with Crippen molar-refractivity contribution < 1.29 is 0 Å². The molecule has 0 unspecified atom stereocenters. The van der Waals surface area contributed by atoms with Gasteiger partial charge >= 0.3 is 0 Å². The monoisotopic (exact) mass is 198 g/mol. The minimum Gasteiger partial charge on any atom is -0.246 e. The van der Waals surface area contributed by atoms with Crippen LogP contribution in [0, 0.1) is 0 Å². The van der Waals surface area contributed by atoms with Crippen molar-refractivity contribution in [3.05, 3.63) is 54.9 Å². The average Bonchev–Trinajstić information content (AvgIpc) is 2.88. The Bertz CT molecular complexity index is 422. The number of nitrogens with one attached hydrogen (secondary N) is 1. The molecule has 1 heterocycles. The molecule has 0 fully saturated rings. The minimum atomic E-state index is 1.31. The summed E-state index contributed by atoms with van der Waals surface area (Å²) in [5.41, 5.74) is 0. The van der Waals surface area contributed by atoms with Gasteiger partial charge in [0, 0.05) is 0 Å². The molecule has 2 aromatic carbocycles. The topological polar surface area (TPSA) is 54.5 Å². The fraction of sp³-hybridized carbons (Fsp3) is 0. The predicted octanol–water partition coefficient (Wildman–Crippen LogP) is 2.04. The lowest BCUT2D eigenvalue weighted by Gasteiger charge is -1.92. The van der Waals surface area contributed by atoms with Gasteiger partial charge in [0.25, 0.3) is 0 Å². The normalized spacial score (nSPS) is 9.33. The van der Waals surface area contributed by atoms with Crippen molar-refractivity contribution >= 4 is 10.8 Å². The Kier molecular flexibility index (Phi) is 3.02. The third-order valence-electron chi connectivity index (χ3n) is 1.93. The molecule has 0 radical (unpaired) electrons. The van der Waals surface area contributed by atoms with Crippen molar-refractivity contribution in [2.45, 2.75) is 0 Å². The summed E-state index contributed by atoms with van der Waals surface area (Å²) in [6.07, 6.45) is 1.40. The molecular formula is C11H10N4. The number of hydrogen-bond acceptors (Lipinski definition) is 3. The zero-order valence-corrected chi connectivity index (χ0v) is 8.04. The van der Waals surface area contributed by atoms with E-state index >= 15 is 0 Å². The van der Waals surface area contributed by atoms with E-state index in [1.165, 1.54) is 17.1 Å². The van der Waals surface area contributed by atoms with Crippen LogP contribution in [0.2, 0.25) is 0 Å². The Hall–Kier alpha value is -2.23. The van der Waals surface area contributed by atoms with Crippen LogP contribution < -0.4 is 0 Å². The van der Waals surface area contributed by atoms with Gasteiger partial charge in [0.1, 0.15) is 6.33 Å². The van der Waals surface area contributed by atoms with Crippen LogP contribution >= 0.6 is 0 Å². The fourth-order valence-electron chi connectivity index (χ4n) is 1.26. The number of H-pyrrole nitrogens is 1. The number of fused-ring (bicyclic) bond motifs is 1. The first kappa shape index (κ1) is 9.33. The van der Waals surface area contributed by atoms with Gasteiger partial charge in [-0.1, -0.05) is 48.5 Å². The minimum absolute atomic E-state index is 1.31. The van der Waals surface area contributed by atoms with Crippen molar-refractivity contribution in [2.75, 3.05) is 0 Å². The van der Waals surface area contributed by atoms with Crippen molar-refractivity contribution in [3.8, 4) is 0 Å². The smallest absolute Gasteiger partial charge is 0.135 e. The summed E-state index contributed by atoms with van der Waals surface area (Å²) in [5.74, 6) is 0. The number of nitrogens with zero attached hydrogens (tertiary/aromatic N) is 3. The highest BCUT2D eigenvalue weighted by atomic mass is 15.5. The highest BCUT2D eigenvalue weighted by Crippen LogP contribution is 2.11. The van der Waals surface area contributed by atoms with E-state index in [0.717, 1.165) is 0 Å². The van der Waals surface area contributed by atoms with Crippen molar-refractivity contribution in [3.63, 3.8) is 0 Å². The van der Waals surface area contributed by atoms with E-state index in [2.05, 4.69) is 69.2 Å². The average molecular weight is 198 g/mol. The van der Waals surface area contributed by atoms with E-state index in [0.29, 0.717) is 0 Å². The van der Waals surface area contributed by atoms with Gasteiger partial charge < -0.3 is 0 Å². The Labute approximate surface area is 86.9 Å². The number of tetrazole rings is 1. The van der Waals surface area contributed by atoms with Crippen molar-refractivity contribution in [2.24, 2.45) is 0 Å². The molecule has 0 aliphatic rings. The molecule has 15 heavy (non-hydrogen) atoms. The van der Waals surface area contributed by atoms with Crippen LogP contribution in [0.15, 0.2) is 54.9 Å². The molecule has 0 bridgehead atoms. The van der Waals surface area contributed by atoms with Gasteiger partial charge in [0.2, 0.25) is 0 Å². The molecule has 4 heteroatoms. The highest BCUT2D eigenvalue weighted by Gasteiger charge is 1.85. The summed E-state index contributed by atoms with van der Waals surface area (Å²) < 4.78 is 0. The van der Waals surface area contributed by atoms with Crippen molar-refractivity contribution in [1.82, 2.24) is 20.6 Å². The first-order valence-electron chi connectivity index (χ1n) is 4.58. The number of hydrogen-bond donors (Lipinski definition) is 1. The third kappa shape index (κ3) is 2.60. The molecule has 0 saturated carbocycles. The van der Waals surface area contributed by atoms with Crippen LogP contribution in [0.1, 0.15) is 0 Å². The van der Waals surface area contributed by atoms with E-state index in [1.54, 1.807) is 0 Å². The summed E-state index contributed by atoms with van der Waals surface area (Å²) >= 11 is 0. The van der Waals surface area contributed by atoms with Crippen LogP contribution in [0.25, 0.3) is 10.8 Å². The molecule has 0 spiro atoms. The molecule has 0 atom stereocenters. The second-order valence-corrected chi connectivity index (χ2v) is 2.91. The lowest BCUT2D eigenvalue weighted by Crippen LogP contribution is -1.67. The first-order chi connectivity index (χ1) is 7.47. The Morgan fingerprint density at radius 1 is 0.800 bits per heavy atom.